The lowest BCUT2D eigenvalue weighted by atomic mass is 10.2. The number of hydrogen-bond donors (Lipinski definition) is 2. The molecule has 0 amide bonds. The van der Waals surface area contributed by atoms with Gasteiger partial charge in [-0.1, -0.05) is 12.1 Å². The molecule has 2 rings (SSSR count). The molecule has 0 radical (unpaired) electrons. The number of aryl methyl sites for hydroxylation is 1. The third-order valence-electron chi connectivity index (χ3n) is 3.63. The zero-order valence-electron chi connectivity index (χ0n) is 14.2. The van der Waals surface area contributed by atoms with E-state index >= 15 is 0 Å². The Morgan fingerprint density at radius 2 is 2.26 bits per heavy atom. The van der Waals surface area contributed by atoms with Crippen LogP contribution in [0.25, 0.3) is 0 Å². The second-order valence-corrected chi connectivity index (χ2v) is 5.71. The van der Waals surface area contributed by atoms with E-state index in [2.05, 4.69) is 28.6 Å². The van der Waals surface area contributed by atoms with Crippen molar-refractivity contribution in [1.82, 2.24) is 10.6 Å². The molecule has 5 nitrogen and oxygen atoms in total. The lowest BCUT2D eigenvalue weighted by Gasteiger charge is -2.19. The van der Waals surface area contributed by atoms with Gasteiger partial charge in [-0.15, -0.1) is 24.0 Å². The molecule has 0 bridgehead atoms. The molecule has 6 heteroatoms. The first-order valence-electron chi connectivity index (χ1n) is 7.97. The van der Waals surface area contributed by atoms with Crippen molar-refractivity contribution in [3.63, 3.8) is 0 Å². The predicted molar refractivity (Wildman–Crippen MR) is 105 cm³/mol. The lowest BCUT2D eigenvalue weighted by Crippen LogP contribution is -2.44. The molecule has 0 aliphatic carbocycles. The molecule has 0 aromatic heterocycles. The highest BCUT2D eigenvalue weighted by Crippen LogP contribution is 2.14. The molecule has 23 heavy (non-hydrogen) atoms. The summed E-state index contributed by atoms with van der Waals surface area (Å²) < 4.78 is 11.5. The summed E-state index contributed by atoms with van der Waals surface area (Å²) >= 11 is 0. The summed E-state index contributed by atoms with van der Waals surface area (Å²) in [4.78, 5) is 4.23. The molecule has 1 aliphatic heterocycles. The molecule has 2 N–H and O–H groups in total. The Morgan fingerprint density at radius 1 is 1.43 bits per heavy atom. The van der Waals surface area contributed by atoms with Gasteiger partial charge in [-0.05, 0) is 44.4 Å². The largest absolute Gasteiger partial charge is 0.489 e. The molecule has 1 aromatic rings. The van der Waals surface area contributed by atoms with Crippen molar-refractivity contribution in [2.45, 2.75) is 38.9 Å². The van der Waals surface area contributed by atoms with Crippen LogP contribution in [0, 0.1) is 6.92 Å². The summed E-state index contributed by atoms with van der Waals surface area (Å²) in [6.07, 6.45) is 2.64. The molecule has 1 aliphatic rings. The predicted octanol–water partition coefficient (Wildman–Crippen LogP) is 2.72. The molecule has 0 saturated carbocycles. The molecule has 0 spiro atoms. The van der Waals surface area contributed by atoms with Gasteiger partial charge in [-0.2, -0.15) is 0 Å². The minimum absolute atomic E-state index is 0. The maximum atomic E-state index is 5.90. The summed E-state index contributed by atoms with van der Waals surface area (Å²) in [7, 11) is 1.77. The monoisotopic (exact) mass is 433 g/mol. The molecule has 2 unspecified atom stereocenters. The molecule has 1 saturated heterocycles. The quantitative estimate of drug-likeness (QED) is 0.412. The lowest BCUT2D eigenvalue weighted by molar-refractivity contribution is 0.113. The van der Waals surface area contributed by atoms with E-state index in [9.17, 15) is 0 Å². The van der Waals surface area contributed by atoms with E-state index in [1.165, 1.54) is 5.56 Å². The molecule has 2 atom stereocenters. The van der Waals surface area contributed by atoms with Crippen molar-refractivity contribution in [2.24, 2.45) is 4.99 Å². The molecule has 130 valence electrons. The fraction of sp³-hybridized carbons (Fsp3) is 0.588. The van der Waals surface area contributed by atoms with E-state index in [4.69, 9.17) is 9.47 Å². The Bertz CT molecular complexity index is 490. The van der Waals surface area contributed by atoms with Crippen molar-refractivity contribution in [3.8, 4) is 5.75 Å². The van der Waals surface area contributed by atoms with Gasteiger partial charge < -0.3 is 20.1 Å². The highest BCUT2D eigenvalue weighted by Gasteiger charge is 2.15. The first-order chi connectivity index (χ1) is 10.7. The average molecular weight is 433 g/mol. The van der Waals surface area contributed by atoms with Crippen LogP contribution in [0.5, 0.6) is 5.75 Å². The van der Waals surface area contributed by atoms with Crippen molar-refractivity contribution < 1.29 is 9.47 Å². The van der Waals surface area contributed by atoms with Crippen LogP contribution in [0.15, 0.2) is 29.3 Å². The first-order valence-corrected chi connectivity index (χ1v) is 7.97. The molecule has 1 fully saturated rings. The number of benzene rings is 1. The second-order valence-electron chi connectivity index (χ2n) is 5.71. The minimum atomic E-state index is 0. The molecular weight excluding hydrogens is 405 g/mol. The maximum Gasteiger partial charge on any atom is 0.191 e. The van der Waals surface area contributed by atoms with Crippen LogP contribution in [0.4, 0.5) is 0 Å². The van der Waals surface area contributed by atoms with E-state index in [1.807, 2.05) is 25.1 Å². The Hall–Kier alpha value is -1.02. The van der Waals surface area contributed by atoms with Gasteiger partial charge in [0, 0.05) is 20.2 Å². The van der Waals surface area contributed by atoms with Crippen LogP contribution in [0.2, 0.25) is 0 Å². The average Bonchev–Trinajstić information content (AvgIpc) is 3.01. The van der Waals surface area contributed by atoms with E-state index < -0.39 is 0 Å². The third-order valence-corrected chi connectivity index (χ3v) is 3.63. The Balaban J connectivity index is 0.00000264. The number of nitrogens with zero attached hydrogens (tertiary/aromatic N) is 1. The Kier molecular flexibility index (Phi) is 9.31. The topological polar surface area (TPSA) is 54.9 Å². The van der Waals surface area contributed by atoms with Crippen LogP contribution in [0.1, 0.15) is 25.3 Å². The Morgan fingerprint density at radius 3 is 2.91 bits per heavy atom. The zero-order chi connectivity index (χ0) is 15.8. The van der Waals surface area contributed by atoms with Crippen LogP contribution in [0.3, 0.4) is 0 Å². The van der Waals surface area contributed by atoms with Gasteiger partial charge in [-0.25, -0.2) is 0 Å². The van der Waals surface area contributed by atoms with Crippen LogP contribution in [-0.2, 0) is 4.74 Å². The highest BCUT2D eigenvalue weighted by atomic mass is 127. The smallest absolute Gasteiger partial charge is 0.191 e. The van der Waals surface area contributed by atoms with Gasteiger partial charge in [-0.3, -0.25) is 4.99 Å². The minimum Gasteiger partial charge on any atom is -0.489 e. The fourth-order valence-electron chi connectivity index (χ4n) is 2.44. The first kappa shape index (κ1) is 20.0. The van der Waals surface area contributed by atoms with Gasteiger partial charge in [0.1, 0.15) is 11.9 Å². The maximum absolute atomic E-state index is 5.90. The number of hydrogen-bond acceptors (Lipinski definition) is 3. The molecular formula is C17H28IN3O2. The van der Waals surface area contributed by atoms with Gasteiger partial charge in [0.2, 0.25) is 0 Å². The second kappa shape index (κ2) is 10.7. The van der Waals surface area contributed by atoms with Gasteiger partial charge in [0.05, 0.1) is 12.6 Å². The van der Waals surface area contributed by atoms with Crippen molar-refractivity contribution >= 4 is 29.9 Å². The van der Waals surface area contributed by atoms with Crippen molar-refractivity contribution in [2.75, 3.05) is 26.7 Å². The summed E-state index contributed by atoms with van der Waals surface area (Å²) in [5.41, 5.74) is 1.20. The van der Waals surface area contributed by atoms with E-state index in [1.54, 1.807) is 7.05 Å². The number of halogens is 1. The van der Waals surface area contributed by atoms with Crippen molar-refractivity contribution in [1.29, 1.82) is 0 Å². The number of rotatable bonds is 6. The molecule has 1 heterocycles. The summed E-state index contributed by atoms with van der Waals surface area (Å²) in [6, 6.07) is 8.09. The standard InChI is InChI=1S/C17H27N3O2.HI/c1-13-6-4-7-15(10-13)22-14(2)11-19-17(18-3)20-12-16-8-5-9-21-16;/h4,6-7,10,14,16H,5,8-9,11-12H2,1-3H3,(H2,18,19,20);1H. The summed E-state index contributed by atoms with van der Waals surface area (Å²) in [6.45, 7) is 6.47. The molecule has 1 aromatic carbocycles. The van der Waals surface area contributed by atoms with E-state index in [0.29, 0.717) is 12.6 Å². The fourth-order valence-corrected chi connectivity index (χ4v) is 2.44. The van der Waals surface area contributed by atoms with Crippen molar-refractivity contribution in [3.05, 3.63) is 29.8 Å². The summed E-state index contributed by atoms with van der Waals surface area (Å²) in [5.74, 6) is 1.69. The third kappa shape index (κ3) is 7.39. The Labute approximate surface area is 156 Å². The van der Waals surface area contributed by atoms with E-state index in [0.717, 1.165) is 37.7 Å². The van der Waals surface area contributed by atoms with Gasteiger partial charge in [0.25, 0.3) is 0 Å². The number of ether oxygens (including phenoxy) is 2. The van der Waals surface area contributed by atoms with Crippen LogP contribution >= 0.6 is 24.0 Å². The highest BCUT2D eigenvalue weighted by molar-refractivity contribution is 14.0. The normalized spacial score (nSPS) is 18.9. The zero-order valence-corrected chi connectivity index (χ0v) is 16.5. The SMILES string of the molecule is CN=C(NCC(C)Oc1cccc(C)c1)NCC1CCCO1.I. The number of aliphatic imine (C=N–C) groups is 1. The van der Waals surface area contributed by atoms with Crippen LogP contribution < -0.4 is 15.4 Å². The van der Waals surface area contributed by atoms with E-state index in [-0.39, 0.29) is 30.1 Å². The van der Waals surface area contributed by atoms with Gasteiger partial charge in [0.15, 0.2) is 5.96 Å². The number of guanidine groups is 1. The van der Waals surface area contributed by atoms with Crippen LogP contribution in [-0.4, -0.2) is 44.9 Å². The number of nitrogens with one attached hydrogen (secondary N) is 2. The van der Waals surface area contributed by atoms with Gasteiger partial charge >= 0.3 is 0 Å². The summed E-state index contributed by atoms with van der Waals surface area (Å²) in [5, 5.41) is 6.58.